The highest BCUT2D eigenvalue weighted by atomic mass is 16.5. The lowest BCUT2D eigenvalue weighted by Crippen LogP contribution is -2.15. The number of aryl methyl sites for hydroxylation is 1. The molecule has 4 rings (SSSR count). The molecule has 2 N–H and O–H groups in total. The Kier molecular flexibility index (Phi) is 5.27. The van der Waals surface area contributed by atoms with Crippen molar-refractivity contribution in [2.75, 3.05) is 17.7 Å². The van der Waals surface area contributed by atoms with Crippen LogP contribution in [0.5, 0.6) is 5.75 Å². The highest BCUT2D eigenvalue weighted by molar-refractivity contribution is 6.06. The molecule has 1 fully saturated rings. The Bertz CT molecular complexity index is 1120. The summed E-state index contributed by atoms with van der Waals surface area (Å²) in [5.41, 5.74) is 4.62. The minimum atomic E-state index is -0.255. The van der Waals surface area contributed by atoms with Crippen LogP contribution < -0.4 is 15.4 Å². The first kappa shape index (κ1) is 19.7. The molecule has 0 bridgehead atoms. The van der Waals surface area contributed by atoms with Crippen LogP contribution in [-0.4, -0.2) is 28.7 Å². The number of aromatic nitrogens is 2. The van der Waals surface area contributed by atoms with Crippen molar-refractivity contribution in [1.82, 2.24) is 9.78 Å². The topological polar surface area (TPSA) is 85.2 Å². The summed E-state index contributed by atoms with van der Waals surface area (Å²) in [5, 5.41) is 10.2. The fourth-order valence-corrected chi connectivity index (χ4v) is 3.55. The smallest absolute Gasteiger partial charge is 0.259 e. The van der Waals surface area contributed by atoms with Crippen molar-refractivity contribution in [3.63, 3.8) is 0 Å². The SMILES string of the molecule is COc1ccc(NC(C)=O)cc1NC(=O)c1cnn(-c2ccccc2C)c1C1CC1. The van der Waals surface area contributed by atoms with Crippen LogP contribution in [0.2, 0.25) is 0 Å². The number of hydrogen-bond acceptors (Lipinski definition) is 4. The molecule has 3 aromatic rings. The molecule has 1 aliphatic rings. The van der Waals surface area contributed by atoms with E-state index in [2.05, 4.69) is 15.7 Å². The van der Waals surface area contributed by atoms with Crippen LogP contribution in [-0.2, 0) is 4.79 Å². The molecule has 0 radical (unpaired) electrons. The van der Waals surface area contributed by atoms with Crippen LogP contribution >= 0.6 is 0 Å². The number of rotatable bonds is 6. The van der Waals surface area contributed by atoms with E-state index in [1.807, 2.05) is 35.9 Å². The Labute approximate surface area is 175 Å². The molecule has 1 saturated carbocycles. The molecular weight excluding hydrogens is 380 g/mol. The van der Waals surface area contributed by atoms with E-state index >= 15 is 0 Å². The Morgan fingerprint density at radius 3 is 2.57 bits per heavy atom. The maximum atomic E-state index is 13.2. The lowest BCUT2D eigenvalue weighted by atomic mass is 10.1. The minimum absolute atomic E-state index is 0.187. The number of amides is 2. The molecule has 2 amide bonds. The summed E-state index contributed by atoms with van der Waals surface area (Å²) in [6, 6.07) is 13.1. The molecule has 1 aromatic heterocycles. The van der Waals surface area contributed by atoms with Gasteiger partial charge in [0.25, 0.3) is 5.91 Å². The molecule has 1 aliphatic carbocycles. The lowest BCUT2D eigenvalue weighted by Gasteiger charge is -2.14. The van der Waals surface area contributed by atoms with Gasteiger partial charge in [-0.05, 0) is 49.6 Å². The Morgan fingerprint density at radius 1 is 1.13 bits per heavy atom. The molecule has 30 heavy (non-hydrogen) atoms. The molecule has 0 aliphatic heterocycles. The van der Waals surface area contributed by atoms with E-state index in [9.17, 15) is 9.59 Å². The van der Waals surface area contributed by atoms with E-state index < -0.39 is 0 Å². The average molecular weight is 404 g/mol. The van der Waals surface area contributed by atoms with Crippen LogP contribution in [0.1, 0.15) is 47.3 Å². The Balaban J connectivity index is 1.68. The summed E-state index contributed by atoms with van der Waals surface area (Å²) in [6.07, 6.45) is 3.71. The highest BCUT2D eigenvalue weighted by Crippen LogP contribution is 2.43. The van der Waals surface area contributed by atoms with Gasteiger partial charge in [-0.15, -0.1) is 0 Å². The fraction of sp³-hybridized carbons (Fsp3) is 0.261. The van der Waals surface area contributed by atoms with E-state index in [1.54, 1.807) is 24.4 Å². The quantitative estimate of drug-likeness (QED) is 0.642. The van der Waals surface area contributed by atoms with Crippen molar-refractivity contribution in [3.8, 4) is 11.4 Å². The van der Waals surface area contributed by atoms with Gasteiger partial charge in [-0.1, -0.05) is 18.2 Å². The van der Waals surface area contributed by atoms with Crippen LogP contribution in [0.3, 0.4) is 0 Å². The van der Waals surface area contributed by atoms with Gasteiger partial charge in [0, 0.05) is 18.5 Å². The van der Waals surface area contributed by atoms with Crippen LogP contribution in [0.15, 0.2) is 48.7 Å². The van der Waals surface area contributed by atoms with E-state index in [1.165, 1.54) is 14.0 Å². The van der Waals surface area contributed by atoms with Crippen molar-refractivity contribution in [2.45, 2.75) is 32.6 Å². The van der Waals surface area contributed by atoms with Gasteiger partial charge in [0.2, 0.25) is 5.91 Å². The molecule has 7 heteroatoms. The summed E-state index contributed by atoms with van der Waals surface area (Å²) < 4.78 is 7.26. The molecule has 1 heterocycles. The first-order valence-electron chi connectivity index (χ1n) is 9.89. The van der Waals surface area contributed by atoms with E-state index in [0.29, 0.717) is 28.6 Å². The van der Waals surface area contributed by atoms with E-state index in [4.69, 9.17) is 4.74 Å². The third kappa shape index (κ3) is 3.91. The van der Waals surface area contributed by atoms with Crippen LogP contribution in [0.25, 0.3) is 5.69 Å². The molecule has 0 saturated heterocycles. The van der Waals surface area contributed by atoms with Crippen LogP contribution in [0, 0.1) is 6.92 Å². The second-order valence-electron chi connectivity index (χ2n) is 7.47. The predicted molar refractivity (Wildman–Crippen MR) is 116 cm³/mol. The summed E-state index contributed by atoms with van der Waals surface area (Å²) in [5.74, 6) is 0.389. The van der Waals surface area contributed by atoms with E-state index in [0.717, 1.165) is 29.8 Å². The maximum Gasteiger partial charge on any atom is 0.259 e. The molecule has 0 unspecified atom stereocenters. The average Bonchev–Trinajstić information content (AvgIpc) is 3.46. The largest absolute Gasteiger partial charge is 0.495 e. The number of nitrogens with one attached hydrogen (secondary N) is 2. The number of benzene rings is 2. The maximum absolute atomic E-state index is 13.2. The Morgan fingerprint density at radius 2 is 1.90 bits per heavy atom. The molecular formula is C23H24N4O3. The zero-order valence-electron chi connectivity index (χ0n) is 17.2. The first-order valence-corrected chi connectivity index (χ1v) is 9.89. The Hall–Kier alpha value is -3.61. The van der Waals surface area contributed by atoms with Crippen molar-refractivity contribution < 1.29 is 14.3 Å². The zero-order valence-corrected chi connectivity index (χ0v) is 17.2. The fourth-order valence-electron chi connectivity index (χ4n) is 3.55. The number of ether oxygens (including phenoxy) is 1. The van der Waals surface area contributed by atoms with Crippen molar-refractivity contribution in [1.29, 1.82) is 0 Å². The van der Waals surface area contributed by atoms with Gasteiger partial charge >= 0.3 is 0 Å². The van der Waals surface area contributed by atoms with Crippen LogP contribution in [0.4, 0.5) is 11.4 Å². The number of carbonyl (C=O) groups excluding carboxylic acids is 2. The number of para-hydroxylation sites is 1. The standard InChI is InChI=1S/C23H24N4O3/c1-14-6-4-5-7-20(14)27-22(16-8-9-16)18(13-24-27)23(29)26-19-12-17(25-15(2)28)10-11-21(19)30-3/h4-7,10-13,16H,8-9H2,1-3H3,(H,25,28)(H,26,29). The number of nitrogens with zero attached hydrogens (tertiary/aromatic N) is 2. The van der Waals surface area contributed by atoms with Gasteiger partial charge in [0.15, 0.2) is 0 Å². The second-order valence-corrected chi connectivity index (χ2v) is 7.47. The lowest BCUT2D eigenvalue weighted by molar-refractivity contribution is -0.114. The van der Waals surface area contributed by atoms with Gasteiger partial charge < -0.3 is 15.4 Å². The van der Waals surface area contributed by atoms with Gasteiger partial charge in [0.1, 0.15) is 5.75 Å². The number of methoxy groups -OCH3 is 1. The minimum Gasteiger partial charge on any atom is -0.495 e. The molecule has 2 aromatic carbocycles. The predicted octanol–water partition coefficient (Wildman–Crippen LogP) is 4.28. The van der Waals surface area contributed by atoms with E-state index in [-0.39, 0.29) is 11.8 Å². The first-order chi connectivity index (χ1) is 14.5. The van der Waals surface area contributed by atoms with Crippen molar-refractivity contribution >= 4 is 23.2 Å². The number of anilines is 2. The summed E-state index contributed by atoms with van der Waals surface area (Å²) in [6.45, 7) is 3.47. The zero-order chi connectivity index (χ0) is 21.3. The summed E-state index contributed by atoms with van der Waals surface area (Å²) in [4.78, 5) is 24.6. The highest BCUT2D eigenvalue weighted by Gasteiger charge is 2.33. The van der Waals surface area contributed by atoms with Gasteiger partial charge in [-0.25, -0.2) is 4.68 Å². The molecule has 0 spiro atoms. The molecule has 7 nitrogen and oxygen atoms in total. The number of carbonyl (C=O) groups is 2. The third-order valence-electron chi connectivity index (χ3n) is 5.13. The monoisotopic (exact) mass is 404 g/mol. The number of hydrogen-bond donors (Lipinski definition) is 2. The summed E-state index contributed by atoms with van der Waals surface area (Å²) in [7, 11) is 1.54. The third-order valence-corrected chi connectivity index (χ3v) is 5.13. The summed E-state index contributed by atoms with van der Waals surface area (Å²) >= 11 is 0. The van der Waals surface area contributed by atoms with Gasteiger partial charge in [-0.2, -0.15) is 5.10 Å². The van der Waals surface area contributed by atoms with Crippen molar-refractivity contribution in [3.05, 3.63) is 65.5 Å². The second kappa shape index (κ2) is 8.02. The molecule has 154 valence electrons. The molecule has 0 atom stereocenters. The van der Waals surface area contributed by atoms with Gasteiger partial charge in [0.05, 0.1) is 35.9 Å². The normalized spacial score (nSPS) is 13.0. The van der Waals surface area contributed by atoms with Crippen molar-refractivity contribution in [2.24, 2.45) is 0 Å². The van der Waals surface area contributed by atoms with Gasteiger partial charge in [-0.3, -0.25) is 9.59 Å².